The van der Waals surface area contributed by atoms with E-state index < -0.39 is 29.1 Å². The summed E-state index contributed by atoms with van der Waals surface area (Å²) in [5.41, 5.74) is 5.73. The fourth-order valence-electron chi connectivity index (χ4n) is 0.987. The number of anilines is 1. The lowest BCUT2D eigenvalue weighted by molar-refractivity contribution is -0.0437. The van der Waals surface area contributed by atoms with Gasteiger partial charge in [-0.1, -0.05) is 0 Å². The molecule has 0 heterocycles. The van der Waals surface area contributed by atoms with Gasteiger partial charge in [-0.15, -0.1) is 0 Å². The van der Waals surface area contributed by atoms with Crippen molar-refractivity contribution >= 4 is 15.7 Å². The minimum atomic E-state index is -4.02. The van der Waals surface area contributed by atoms with Crippen molar-refractivity contribution in [1.82, 2.24) is 4.72 Å². The minimum Gasteiger partial charge on any atom is -0.399 e. The Kier molecular flexibility index (Phi) is 4.02. The van der Waals surface area contributed by atoms with Gasteiger partial charge in [0.1, 0.15) is 6.61 Å². The number of aliphatic hydroxyl groups is 1. The molecule has 4 N–H and O–H groups in total. The molecule has 0 atom stereocenters. The molecule has 96 valence electrons. The number of sulfonamides is 1. The summed E-state index contributed by atoms with van der Waals surface area (Å²) in [6.45, 7) is -2.58. The molecule has 0 aliphatic heterocycles. The van der Waals surface area contributed by atoms with E-state index in [1.807, 2.05) is 0 Å². The first kappa shape index (κ1) is 13.8. The van der Waals surface area contributed by atoms with E-state index in [1.165, 1.54) is 24.3 Å². The molecule has 1 rings (SSSR count). The Balaban J connectivity index is 2.79. The molecule has 5 nitrogen and oxygen atoms in total. The molecule has 0 aliphatic rings. The Morgan fingerprint density at radius 2 is 1.82 bits per heavy atom. The number of hydrogen-bond donors (Lipinski definition) is 3. The lowest BCUT2D eigenvalue weighted by atomic mass is 10.3. The Morgan fingerprint density at radius 3 is 2.29 bits per heavy atom. The van der Waals surface area contributed by atoms with E-state index >= 15 is 0 Å². The normalized spacial score (nSPS) is 12.6. The third-order valence-electron chi connectivity index (χ3n) is 1.94. The van der Waals surface area contributed by atoms with Crippen molar-refractivity contribution in [2.75, 3.05) is 18.9 Å². The van der Waals surface area contributed by atoms with Crippen molar-refractivity contribution in [3.8, 4) is 0 Å². The summed E-state index contributed by atoms with van der Waals surface area (Å²) >= 11 is 0. The molecule has 0 aliphatic carbocycles. The van der Waals surface area contributed by atoms with Crippen LogP contribution in [-0.2, 0) is 10.0 Å². The van der Waals surface area contributed by atoms with Crippen molar-refractivity contribution in [2.45, 2.75) is 10.8 Å². The maximum Gasteiger partial charge on any atom is 0.283 e. The first-order chi connectivity index (χ1) is 7.77. The molecule has 0 spiro atoms. The number of aliphatic hydroxyl groups excluding tert-OH is 1. The molecule has 1 aromatic rings. The predicted octanol–water partition coefficient (Wildman–Crippen LogP) is 0.175. The Bertz CT molecular complexity index is 474. The number of nitrogen functional groups attached to an aromatic ring is 1. The smallest absolute Gasteiger partial charge is 0.283 e. The molecule has 1 aromatic carbocycles. The van der Waals surface area contributed by atoms with Crippen molar-refractivity contribution < 1.29 is 22.3 Å². The molecular weight excluding hydrogens is 254 g/mol. The van der Waals surface area contributed by atoms with Gasteiger partial charge in [-0.3, -0.25) is 0 Å². The van der Waals surface area contributed by atoms with E-state index in [2.05, 4.69) is 0 Å². The van der Waals surface area contributed by atoms with E-state index in [-0.39, 0.29) is 4.90 Å². The van der Waals surface area contributed by atoms with Crippen LogP contribution in [0, 0.1) is 0 Å². The third-order valence-corrected chi connectivity index (χ3v) is 3.36. The van der Waals surface area contributed by atoms with Gasteiger partial charge in [-0.05, 0) is 24.3 Å². The number of nitrogens with two attached hydrogens (primary N) is 1. The Labute approximate surface area is 97.3 Å². The van der Waals surface area contributed by atoms with Crippen LogP contribution in [0.2, 0.25) is 0 Å². The molecule has 0 radical (unpaired) electrons. The molecule has 0 aromatic heterocycles. The number of halogens is 2. The molecule has 0 unspecified atom stereocenters. The highest BCUT2D eigenvalue weighted by atomic mass is 32.2. The second-order valence-electron chi connectivity index (χ2n) is 3.41. The highest BCUT2D eigenvalue weighted by molar-refractivity contribution is 7.89. The van der Waals surface area contributed by atoms with Crippen LogP contribution in [0.25, 0.3) is 0 Å². The maximum atomic E-state index is 12.7. The standard InChI is InChI=1S/C9H12F2N2O3S/c10-9(11,6-14)5-13-17(15,16)8-3-1-7(12)2-4-8/h1-4,13-14H,5-6,12H2. The topological polar surface area (TPSA) is 92.4 Å². The number of alkyl halides is 2. The van der Waals surface area contributed by atoms with Crippen molar-refractivity contribution in [3.63, 3.8) is 0 Å². The molecule has 0 amide bonds. The fraction of sp³-hybridized carbons (Fsp3) is 0.333. The molecule has 0 bridgehead atoms. The predicted molar refractivity (Wildman–Crippen MR) is 58.1 cm³/mol. The van der Waals surface area contributed by atoms with Gasteiger partial charge in [0.2, 0.25) is 10.0 Å². The summed E-state index contributed by atoms with van der Waals surface area (Å²) in [7, 11) is -4.02. The molecule has 17 heavy (non-hydrogen) atoms. The number of benzene rings is 1. The van der Waals surface area contributed by atoms with Gasteiger partial charge in [-0.2, -0.15) is 0 Å². The Morgan fingerprint density at radius 1 is 1.29 bits per heavy atom. The van der Waals surface area contributed by atoms with Crippen molar-refractivity contribution in [3.05, 3.63) is 24.3 Å². The average Bonchev–Trinajstić information content (AvgIpc) is 2.27. The first-order valence-corrected chi connectivity index (χ1v) is 6.09. The van der Waals surface area contributed by atoms with E-state index in [0.717, 1.165) is 0 Å². The van der Waals surface area contributed by atoms with Crippen LogP contribution in [0.1, 0.15) is 0 Å². The van der Waals surface area contributed by atoms with Gasteiger partial charge in [-0.25, -0.2) is 21.9 Å². The lowest BCUT2D eigenvalue weighted by Crippen LogP contribution is -2.38. The van der Waals surface area contributed by atoms with E-state index in [4.69, 9.17) is 10.8 Å². The van der Waals surface area contributed by atoms with Crippen LogP contribution in [0.5, 0.6) is 0 Å². The van der Waals surface area contributed by atoms with Crippen LogP contribution in [-0.4, -0.2) is 32.6 Å². The summed E-state index contributed by atoms with van der Waals surface area (Å²) in [6, 6.07) is 5.10. The minimum absolute atomic E-state index is 0.166. The summed E-state index contributed by atoms with van der Waals surface area (Å²) in [4.78, 5) is -0.166. The van der Waals surface area contributed by atoms with E-state index in [1.54, 1.807) is 4.72 Å². The number of nitrogens with one attached hydrogen (secondary N) is 1. The SMILES string of the molecule is Nc1ccc(S(=O)(=O)NCC(F)(F)CO)cc1. The maximum absolute atomic E-state index is 12.7. The molecule has 0 fully saturated rings. The highest BCUT2D eigenvalue weighted by Crippen LogP contribution is 2.14. The summed E-state index contributed by atoms with van der Waals surface area (Å²) in [6.07, 6.45) is 0. The van der Waals surface area contributed by atoms with Crippen LogP contribution < -0.4 is 10.5 Å². The number of rotatable bonds is 5. The second-order valence-corrected chi connectivity index (χ2v) is 5.17. The van der Waals surface area contributed by atoms with E-state index in [0.29, 0.717) is 5.69 Å². The molecule has 0 saturated heterocycles. The van der Waals surface area contributed by atoms with Gasteiger partial charge in [0, 0.05) is 5.69 Å². The first-order valence-electron chi connectivity index (χ1n) is 4.61. The lowest BCUT2D eigenvalue weighted by Gasteiger charge is -2.14. The van der Waals surface area contributed by atoms with Crippen molar-refractivity contribution in [1.29, 1.82) is 0 Å². The van der Waals surface area contributed by atoms with E-state index in [9.17, 15) is 17.2 Å². The van der Waals surface area contributed by atoms with Crippen molar-refractivity contribution in [2.24, 2.45) is 0 Å². The van der Waals surface area contributed by atoms with Gasteiger partial charge >= 0.3 is 0 Å². The highest BCUT2D eigenvalue weighted by Gasteiger charge is 2.30. The largest absolute Gasteiger partial charge is 0.399 e. The third kappa shape index (κ3) is 3.91. The van der Waals surface area contributed by atoms with Gasteiger partial charge in [0.25, 0.3) is 5.92 Å². The van der Waals surface area contributed by atoms with Crippen LogP contribution >= 0.6 is 0 Å². The quantitative estimate of drug-likeness (QED) is 0.663. The van der Waals surface area contributed by atoms with Gasteiger partial charge < -0.3 is 10.8 Å². The van der Waals surface area contributed by atoms with Crippen LogP contribution in [0.15, 0.2) is 29.2 Å². The summed E-state index contributed by atoms with van der Waals surface area (Å²) in [5, 5.41) is 8.30. The molecular formula is C9H12F2N2O3S. The summed E-state index contributed by atoms with van der Waals surface area (Å²) < 4.78 is 50.1. The molecule has 0 saturated carbocycles. The fourth-order valence-corrected chi connectivity index (χ4v) is 2.05. The van der Waals surface area contributed by atoms with Gasteiger partial charge in [0.05, 0.1) is 11.4 Å². The zero-order chi connectivity index (χ0) is 13.1. The zero-order valence-corrected chi connectivity index (χ0v) is 9.55. The van der Waals surface area contributed by atoms with Crippen LogP contribution in [0.4, 0.5) is 14.5 Å². The zero-order valence-electron chi connectivity index (χ0n) is 8.73. The van der Waals surface area contributed by atoms with Gasteiger partial charge in [0.15, 0.2) is 0 Å². The van der Waals surface area contributed by atoms with Crippen LogP contribution in [0.3, 0.4) is 0 Å². The number of hydrogen-bond acceptors (Lipinski definition) is 4. The Hall–Kier alpha value is -1.25. The monoisotopic (exact) mass is 266 g/mol. The summed E-state index contributed by atoms with van der Waals surface area (Å²) in [5.74, 6) is -3.49. The molecule has 8 heteroatoms. The average molecular weight is 266 g/mol. The second kappa shape index (κ2) is 4.94.